The number of aryl methyl sites for hydroxylation is 1. The molecular weight excluding hydrogens is 312 g/mol. The van der Waals surface area contributed by atoms with Crippen LogP contribution in [0.3, 0.4) is 0 Å². The molecule has 0 unspecified atom stereocenters. The van der Waals surface area contributed by atoms with Crippen molar-refractivity contribution in [3.63, 3.8) is 0 Å². The van der Waals surface area contributed by atoms with E-state index in [0.29, 0.717) is 5.56 Å². The van der Waals surface area contributed by atoms with E-state index in [1.807, 2.05) is 0 Å². The predicted molar refractivity (Wildman–Crippen MR) is 75.6 cm³/mol. The average molecular weight is 327 g/mol. The Morgan fingerprint density at radius 2 is 1.84 bits per heavy atom. The molecule has 0 amide bonds. The standard InChI is InChI=1S/C10H15ClN2O4S2/c1-8-3-4-9(19(16,17)12-2)7-10(8)13-18(14,15)6-5-11/h3-4,7,12-13H,5-6H2,1-2H3. The van der Waals surface area contributed by atoms with E-state index >= 15 is 0 Å². The van der Waals surface area contributed by atoms with Crippen molar-refractivity contribution in [3.8, 4) is 0 Å². The second-order valence-corrected chi connectivity index (χ2v) is 7.90. The lowest BCUT2D eigenvalue weighted by Crippen LogP contribution is -2.20. The maximum absolute atomic E-state index is 11.6. The predicted octanol–water partition coefficient (Wildman–Crippen LogP) is 0.884. The van der Waals surface area contributed by atoms with Gasteiger partial charge in [0.05, 0.1) is 16.3 Å². The molecule has 0 spiro atoms. The summed E-state index contributed by atoms with van der Waals surface area (Å²) in [5, 5.41) is 0. The molecule has 0 aliphatic carbocycles. The number of alkyl halides is 1. The lowest BCUT2D eigenvalue weighted by atomic mass is 10.2. The molecule has 0 bridgehead atoms. The van der Waals surface area contributed by atoms with Crippen LogP contribution in [0.4, 0.5) is 5.69 Å². The molecular formula is C10H15ClN2O4S2. The maximum Gasteiger partial charge on any atom is 0.240 e. The molecule has 2 N–H and O–H groups in total. The summed E-state index contributed by atoms with van der Waals surface area (Å²) in [5.74, 6) is -0.278. The molecule has 0 aromatic heterocycles. The highest BCUT2D eigenvalue weighted by Crippen LogP contribution is 2.21. The van der Waals surface area contributed by atoms with Crippen LogP contribution in [-0.4, -0.2) is 35.5 Å². The van der Waals surface area contributed by atoms with E-state index in [2.05, 4.69) is 9.44 Å². The fraction of sp³-hybridized carbons (Fsp3) is 0.400. The van der Waals surface area contributed by atoms with E-state index in [1.165, 1.54) is 25.2 Å². The number of nitrogens with one attached hydrogen (secondary N) is 2. The minimum absolute atomic E-state index is 0.0100. The summed E-state index contributed by atoms with van der Waals surface area (Å²) in [6.45, 7) is 1.67. The Morgan fingerprint density at radius 3 is 2.37 bits per heavy atom. The fourth-order valence-corrected chi connectivity index (χ4v) is 3.54. The van der Waals surface area contributed by atoms with Crippen LogP contribution < -0.4 is 9.44 Å². The van der Waals surface area contributed by atoms with Crippen LogP contribution in [0.2, 0.25) is 0 Å². The van der Waals surface area contributed by atoms with Crippen molar-refractivity contribution in [1.29, 1.82) is 0 Å². The molecule has 1 rings (SSSR count). The first-order valence-corrected chi connectivity index (χ1v) is 8.99. The van der Waals surface area contributed by atoms with Crippen molar-refractivity contribution in [1.82, 2.24) is 4.72 Å². The highest BCUT2D eigenvalue weighted by molar-refractivity contribution is 7.92. The Balaban J connectivity index is 3.20. The van der Waals surface area contributed by atoms with Gasteiger partial charge in [-0.25, -0.2) is 21.6 Å². The lowest BCUT2D eigenvalue weighted by Gasteiger charge is -2.11. The topological polar surface area (TPSA) is 92.3 Å². The molecule has 0 aliphatic rings. The van der Waals surface area contributed by atoms with E-state index < -0.39 is 20.0 Å². The van der Waals surface area contributed by atoms with Gasteiger partial charge in [-0.2, -0.15) is 0 Å². The fourth-order valence-electron chi connectivity index (χ4n) is 1.32. The molecule has 0 radical (unpaired) electrons. The molecule has 0 heterocycles. The summed E-state index contributed by atoms with van der Waals surface area (Å²) in [7, 11) is -5.91. The van der Waals surface area contributed by atoms with Crippen LogP contribution >= 0.6 is 11.6 Å². The molecule has 0 aliphatic heterocycles. The summed E-state index contributed by atoms with van der Waals surface area (Å²) in [6, 6.07) is 4.20. The van der Waals surface area contributed by atoms with Crippen LogP contribution in [-0.2, 0) is 20.0 Å². The SMILES string of the molecule is CNS(=O)(=O)c1ccc(C)c(NS(=O)(=O)CCCl)c1. The summed E-state index contributed by atoms with van der Waals surface area (Å²) in [5.41, 5.74) is 0.842. The van der Waals surface area contributed by atoms with Gasteiger partial charge in [0.1, 0.15) is 0 Å². The van der Waals surface area contributed by atoms with E-state index in [0.717, 1.165) is 0 Å². The zero-order chi connectivity index (χ0) is 14.7. The number of anilines is 1. The van der Waals surface area contributed by atoms with E-state index in [4.69, 9.17) is 11.6 Å². The molecule has 0 fully saturated rings. The second-order valence-electron chi connectivity index (χ2n) is 3.79. The van der Waals surface area contributed by atoms with Crippen molar-refractivity contribution >= 4 is 37.3 Å². The van der Waals surface area contributed by atoms with Crippen LogP contribution in [0.15, 0.2) is 23.1 Å². The van der Waals surface area contributed by atoms with Gasteiger partial charge >= 0.3 is 0 Å². The van der Waals surface area contributed by atoms with Crippen molar-refractivity contribution in [3.05, 3.63) is 23.8 Å². The van der Waals surface area contributed by atoms with Crippen molar-refractivity contribution < 1.29 is 16.8 Å². The van der Waals surface area contributed by atoms with Gasteiger partial charge in [0.15, 0.2) is 0 Å². The Hall–Kier alpha value is -0.830. The minimum atomic E-state index is -3.62. The third-order valence-electron chi connectivity index (χ3n) is 2.40. The van der Waals surface area contributed by atoms with E-state index in [1.54, 1.807) is 6.92 Å². The lowest BCUT2D eigenvalue weighted by molar-refractivity contribution is 0.588. The first-order chi connectivity index (χ1) is 8.72. The highest BCUT2D eigenvalue weighted by Gasteiger charge is 2.16. The van der Waals surface area contributed by atoms with Gasteiger partial charge < -0.3 is 0 Å². The quantitative estimate of drug-likeness (QED) is 0.759. The molecule has 0 saturated heterocycles. The zero-order valence-corrected chi connectivity index (χ0v) is 12.9. The normalized spacial score (nSPS) is 12.4. The summed E-state index contributed by atoms with van der Waals surface area (Å²) >= 11 is 5.39. The molecule has 19 heavy (non-hydrogen) atoms. The number of sulfonamides is 2. The first-order valence-electron chi connectivity index (χ1n) is 5.32. The Labute approximate surface area is 118 Å². The number of hydrogen-bond donors (Lipinski definition) is 2. The molecule has 1 aromatic rings. The van der Waals surface area contributed by atoms with Gasteiger partial charge in [-0.1, -0.05) is 6.07 Å². The van der Waals surface area contributed by atoms with Crippen LogP contribution in [0.5, 0.6) is 0 Å². The van der Waals surface area contributed by atoms with Gasteiger partial charge in [0, 0.05) is 5.88 Å². The van der Waals surface area contributed by atoms with Gasteiger partial charge in [-0.05, 0) is 31.7 Å². The van der Waals surface area contributed by atoms with Crippen LogP contribution in [0, 0.1) is 6.92 Å². The second kappa shape index (κ2) is 6.08. The summed E-state index contributed by atoms with van der Waals surface area (Å²) in [6.07, 6.45) is 0. The van der Waals surface area contributed by atoms with Gasteiger partial charge in [-0.15, -0.1) is 11.6 Å². The van der Waals surface area contributed by atoms with Gasteiger partial charge in [-0.3, -0.25) is 4.72 Å². The summed E-state index contributed by atoms with van der Waals surface area (Å²) in [4.78, 5) is -0.0100. The molecule has 9 heteroatoms. The molecule has 108 valence electrons. The number of rotatable bonds is 6. The van der Waals surface area contributed by atoms with Crippen LogP contribution in [0.25, 0.3) is 0 Å². The average Bonchev–Trinajstić information content (AvgIpc) is 2.31. The number of halogens is 1. The smallest absolute Gasteiger partial charge is 0.240 e. The number of benzene rings is 1. The zero-order valence-electron chi connectivity index (χ0n) is 10.5. The first kappa shape index (κ1) is 16.2. The molecule has 6 nitrogen and oxygen atoms in total. The molecule has 0 saturated carbocycles. The van der Waals surface area contributed by atoms with Crippen LogP contribution in [0.1, 0.15) is 5.56 Å². The van der Waals surface area contributed by atoms with Crippen molar-refractivity contribution in [2.75, 3.05) is 23.4 Å². The third-order valence-corrected chi connectivity index (χ3v) is 5.50. The third kappa shape index (κ3) is 4.34. The maximum atomic E-state index is 11.6. The molecule has 1 aromatic carbocycles. The van der Waals surface area contributed by atoms with E-state index in [9.17, 15) is 16.8 Å². The largest absolute Gasteiger partial charge is 0.283 e. The molecule has 0 atom stereocenters. The van der Waals surface area contributed by atoms with E-state index in [-0.39, 0.29) is 22.2 Å². The van der Waals surface area contributed by atoms with Gasteiger partial charge in [0.25, 0.3) is 0 Å². The minimum Gasteiger partial charge on any atom is -0.283 e. The van der Waals surface area contributed by atoms with Crippen molar-refractivity contribution in [2.45, 2.75) is 11.8 Å². The number of hydrogen-bond acceptors (Lipinski definition) is 4. The Morgan fingerprint density at radius 1 is 1.21 bits per heavy atom. The summed E-state index contributed by atoms with van der Waals surface area (Å²) < 4.78 is 51.0. The van der Waals surface area contributed by atoms with Crippen molar-refractivity contribution in [2.24, 2.45) is 0 Å². The Kier molecular flexibility index (Phi) is 5.19. The monoisotopic (exact) mass is 326 g/mol. The van der Waals surface area contributed by atoms with Gasteiger partial charge in [0.2, 0.25) is 20.0 Å². The highest BCUT2D eigenvalue weighted by atomic mass is 35.5. The Bertz CT molecular complexity index is 656.